The van der Waals surface area contributed by atoms with E-state index in [9.17, 15) is 0 Å². The summed E-state index contributed by atoms with van der Waals surface area (Å²) in [6, 6.07) is 6.71. The van der Waals surface area contributed by atoms with E-state index in [0.717, 1.165) is 31.1 Å². The second-order valence-electron chi connectivity index (χ2n) is 4.94. The first-order valence-corrected chi connectivity index (χ1v) is 7.92. The zero-order valence-corrected chi connectivity index (χ0v) is 13.3. The fourth-order valence-electron chi connectivity index (χ4n) is 2.35. The number of rotatable bonds is 7. The number of benzene rings is 1. The minimum atomic E-state index is 0.627. The number of methoxy groups -OCH3 is 2. The van der Waals surface area contributed by atoms with Crippen molar-refractivity contribution in [1.29, 1.82) is 0 Å². The third-order valence-electron chi connectivity index (χ3n) is 3.42. The van der Waals surface area contributed by atoms with Crippen molar-refractivity contribution in [3.8, 4) is 11.5 Å². The minimum absolute atomic E-state index is 0.627. The Bertz CT molecular complexity index is 428. The molecule has 0 aromatic heterocycles. The number of nitrogens with zero attached hydrogens (tertiary/aromatic N) is 1. The maximum absolute atomic E-state index is 5.35. The smallest absolute Gasteiger partial charge is 0.161 e. The van der Waals surface area contributed by atoms with Crippen molar-refractivity contribution in [3.63, 3.8) is 0 Å². The van der Waals surface area contributed by atoms with Gasteiger partial charge in [-0.1, -0.05) is 6.92 Å². The summed E-state index contributed by atoms with van der Waals surface area (Å²) in [6.07, 6.45) is 2.42. The van der Waals surface area contributed by atoms with Gasteiger partial charge in [-0.3, -0.25) is 0 Å². The van der Waals surface area contributed by atoms with Crippen LogP contribution in [0, 0.1) is 0 Å². The van der Waals surface area contributed by atoms with E-state index >= 15 is 0 Å². The molecule has 1 aliphatic rings. The number of ether oxygens (including phenoxy) is 2. The molecule has 1 heterocycles. The fraction of sp³-hybridized carbons (Fsp3) is 0.600. The molecule has 1 aliphatic heterocycles. The van der Waals surface area contributed by atoms with Gasteiger partial charge >= 0.3 is 0 Å². The monoisotopic (exact) mass is 296 g/mol. The Hall–Kier alpha value is -0.910. The van der Waals surface area contributed by atoms with Crippen LogP contribution >= 0.6 is 11.9 Å². The van der Waals surface area contributed by atoms with E-state index in [1.807, 2.05) is 12.1 Å². The van der Waals surface area contributed by atoms with E-state index in [-0.39, 0.29) is 0 Å². The van der Waals surface area contributed by atoms with E-state index in [1.54, 1.807) is 26.2 Å². The van der Waals surface area contributed by atoms with Gasteiger partial charge in [0, 0.05) is 24.0 Å². The minimum Gasteiger partial charge on any atom is -0.493 e. The molecule has 0 saturated carbocycles. The third-order valence-corrected chi connectivity index (χ3v) is 4.48. The Morgan fingerprint density at radius 3 is 2.80 bits per heavy atom. The molecule has 0 aliphatic carbocycles. The summed E-state index contributed by atoms with van der Waals surface area (Å²) in [5.74, 6) is 1.57. The molecule has 112 valence electrons. The number of nitrogens with one attached hydrogen (secondary N) is 1. The molecule has 0 radical (unpaired) electrons. The van der Waals surface area contributed by atoms with Crippen molar-refractivity contribution in [2.24, 2.45) is 0 Å². The van der Waals surface area contributed by atoms with Gasteiger partial charge in [-0.15, -0.1) is 0 Å². The molecule has 1 aromatic carbocycles. The molecule has 2 rings (SSSR count). The van der Waals surface area contributed by atoms with E-state index in [1.165, 1.54) is 17.7 Å². The van der Waals surface area contributed by atoms with Crippen molar-refractivity contribution in [3.05, 3.63) is 18.2 Å². The van der Waals surface area contributed by atoms with Crippen molar-refractivity contribution < 1.29 is 9.47 Å². The van der Waals surface area contributed by atoms with Crippen molar-refractivity contribution in [1.82, 2.24) is 9.62 Å². The van der Waals surface area contributed by atoms with E-state index < -0.39 is 0 Å². The van der Waals surface area contributed by atoms with Gasteiger partial charge in [0.1, 0.15) is 0 Å². The van der Waals surface area contributed by atoms with Gasteiger partial charge in [0.15, 0.2) is 11.5 Å². The average molecular weight is 296 g/mol. The molecular weight excluding hydrogens is 272 g/mol. The summed E-state index contributed by atoms with van der Waals surface area (Å²) in [5, 5.41) is 3.59. The van der Waals surface area contributed by atoms with Gasteiger partial charge in [-0.25, -0.2) is 4.31 Å². The Balaban J connectivity index is 1.91. The Morgan fingerprint density at radius 1 is 1.30 bits per heavy atom. The Labute approximate surface area is 126 Å². The van der Waals surface area contributed by atoms with Crippen LogP contribution in [-0.2, 0) is 0 Å². The van der Waals surface area contributed by atoms with Crippen LogP contribution in [0.2, 0.25) is 0 Å². The van der Waals surface area contributed by atoms with Gasteiger partial charge in [-0.2, -0.15) is 0 Å². The highest BCUT2D eigenvalue weighted by molar-refractivity contribution is 7.97. The summed E-state index contributed by atoms with van der Waals surface area (Å²) < 4.78 is 13.0. The van der Waals surface area contributed by atoms with E-state index in [4.69, 9.17) is 9.47 Å². The molecule has 0 spiro atoms. The molecule has 1 N–H and O–H groups in total. The highest BCUT2D eigenvalue weighted by Gasteiger charge is 2.22. The molecule has 1 unspecified atom stereocenters. The molecule has 4 nitrogen and oxygen atoms in total. The molecule has 1 atom stereocenters. The lowest BCUT2D eigenvalue weighted by Crippen LogP contribution is -2.31. The van der Waals surface area contributed by atoms with E-state index in [0.29, 0.717) is 6.04 Å². The van der Waals surface area contributed by atoms with Crippen LogP contribution in [0.15, 0.2) is 23.1 Å². The van der Waals surface area contributed by atoms with Crippen LogP contribution in [0.5, 0.6) is 11.5 Å². The zero-order chi connectivity index (χ0) is 14.4. The first-order valence-electron chi connectivity index (χ1n) is 7.15. The van der Waals surface area contributed by atoms with Crippen LogP contribution in [0.25, 0.3) is 0 Å². The quantitative estimate of drug-likeness (QED) is 0.783. The first kappa shape index (κ1) is 15.5. The van der Waals surface area contributed by atoms with Crippen molar-refractivity contribution in [2.75, 3.05) is 33.9 Å². The highest BCUT2D eigenvalue weighted by atomic mass is 32.2. The molecule has 0 bridgehead atoms. The van der Waals surface area contributed by atoms with Crippen LogP contribution in [0.4, 0.5) is 0 Å². The topological polar surface area (TPSA) is 33.7 Å². The predicted octanol–water partition coefficient (Wildman–Crippen LogP) is 2.78. The van der Waals surface area contributed by atoms with Gasteiger partial charge in [0.2, 0.25) is 0 Å². The molecular formula is C15H24N2O2S. The first-order chi connectivity index (χ1) is 9.76. The molecule has 1 fully saturated rings. The largest absolute Gasteiger partial charge is 0.493 e. The number of hydrogen-bond donors (Lipinski definition) is 1. The van der Waals surface area contributed by atoms with Gasteiger partial charge in [0.05, 0.1) is 14.2 Å². The third kappa shape index (κ3) is 4.04. The Kier molecular flexibility index (Phi) is 6.01. The maximum Gasteiger partial charge on any atom is 0.161 e. The fourth-order valence-corrected chi connectivity index (χ4v) is 3.39. The van der Waals surface area contributed by atoms with Gasteiger partial charge in [-0.05, 0) is 49.5 Å². The van der Waals surface area contributed by atoms with Crippen molar-refractivity contribution >= 4 is 11.9 Å². The van der Waals surface area contributed by atoms with Crippen LogP contribution in [-0.4, -0.2) is 44.2 Å². The SMILES string of the molecule is CCCNC1CCN(Sc2ccc(OC)c(OC)c2)C1. The molecule has 1 saturated heterocycles. The normalized spacial score (nSPS) is 19.2. The second-order valence-corrected chi connectivity index (χ2v) is 6.11. The summed E-state index contributed by atoms with van der Waals surface area (Å²) in [6.45, 7) is 5.54. The summed E-state index contributed by atoms with van der Waals surface area (Å²) >= 11 is 1.79. The molecule has 20 heavy (non-hydrogen) atoms. The predicted molar refractivity (Wildman–Crippen MR) is 83.7 cm³/mol. The summed E-state index contributed by atoms with van der Waals surface area (Å²) in [5.41, 5.74) is 0. The summed E-state index contributed by atoms with van der Waals surface area (Å²) in [4.78, 5) is 1.19. The van der Waals surface area contributed by atoms with Gasteiger partial charge in [0.25, 0.3) is 0 Å². The summed E-state index contributed by atoms with van der Waals surface area (Å²) in [7, 11) is 3.34. The highest BCUT2D eigenvalue weighted by Crippen LogP contribution is 2.34. The van der Waals surface area contributed by atoms with Crippen LogP contribution < -0.4 is 14.8 Å². The van der Waals surface area contributed by atoms with E-state index in [2.05, 4.69) is 22.6 Å². The molecule has 0 amide bonds. The maximum atomic E-state index is 5.35. The van der Waals surface area contributed by atoms with Gasteiger partial charge < -0.3 is 14.8 Å². The van der Waals surface area contributed by atoms with Crippen LogP contribution in [0.1, 0.15) is 19.8 Å². The average Bonchev–Trinajstić information content (AvgIpc) is 2.92. The lowest BCUT2D eigenvalue weighted by Gasteiger charge is -2.16. The molecule has 1 aromatic rings. The number of hydrogen-bond acceptors (Lipinski definition) is 5. The lowest BCUT2D eigenvalue weighted by molar-refractivity contribution is 0.354. The second kappa shape index (κ2) is 7.76. The lowest BCUT2D eigenvalue weighted by atomic mass is 10.2. The zero-order valence-electron chi connectivity index (χ0n) is 12.5. The Morgan fingerprint density at radius 2 is 2.10 bits per heavy atom. The van der Waals surface area contributed by atoms with Crippen LogP contribution in [0.3, 0.4) is 0 Å². The van der Waals surface area contributed by atoms with Crippen molar-refractivity contribution in [2.45, 2.75) is 30.7 Å². The molecule has 5 heteroatoms. The standard InChI is InChI=1S/C15H24N2O2S/c1-4-8-16-12-7-9-17(11-12)20-13-5-6-14(18-2)15(10-13)19-3/h5-6,10,12,16H,4,7-9,11H2,1-3H3.